The predicted molar refractivity (Wildman–Crippen MR) is 101 cm³/mol. The fourth-order valence-corrected chi connectivity index (χ4v) is 3.62. The summed E-state index contributed by atoms with van der Waals surface area (Å²) >= 11 is 1.47. The van der Waals surface area contributed by atoms with Crippen molar-refractivity contribution in [1.29, 1.82) is 0 Å². The molecule has 3 rings (SSSR count). The molecule has 4 nitrogen and oxygen atoms in total. The van der Waals surface area contributed by atoms with Gasteiger partial charge >= 0.3 is 0 Å². The van der Waals surface area contributed by atoms with E-state index in [-0.39, 0.29) is 11.7 Å². The maximum absolute atomic E-state index is 12.6. The van der Waals surface area contributed by atoms with Gasteiger partial charge in [0.2, 0.25) is 0 Å². The smallest absolute Gasteiger partial charge is 0.253 e. The summed E-state index contributed by atoms with van der Waals surface area (Å²) < 4.78 is 0. The molecule has 1 saturated heterocycles. The van der Waals surface area contributed by atoms with Crippen LogP contribution in [0.3, 0.4) is 0 Å². The summed E-state index contributed by atoms with van der Waals surface area (Å²) in [4.78, 5) is 29.9. The molecule has 1 aliphatic heterocycles. The van der Waals surface area contributed by atoms with Gasteiger partial charge in [0.05, 0.1) is 5.75 Å². The molecule has 0 bridgehead atoms. The fourth-order valence-electron chi connectivity index (χ4n) is 2.77. The molecule has 1 fully saturated rings. The summed E-state index contributed by atoms with van der Waals surface area (Å²) in [5.41, 5.74) is 1.42. The molecule has 2 aromatic carbocycles. The Morgan fingerprint density at radius 3 is 2.32 bits per heavy atom. The molecule has 25 heavy (non-hydrogen) atoms. The monoisotopic (exact) mass is 354 g/mol. The standard InChI is InChI=1S/C20H22N2O2S/c1-21-10-12-22(13-11-21)20(24)17-8-5-9-18(14-17)25-15-19(23)16-6-3-2-4-7-16/h2-9,14H,10-13,15H2,1H3. The van der Waals surface area contributed by atoms with Gasteiger partial charge in [-0.1, -0.05) is 36.4 Å². The summed E-state index contributed by atoms with van der Waals surface area (Å²) in [6.45, 7) is 3.34. The number of rotatable bonds is 5. The third-order valence-electron chi connectivity index (χ3n) is 4.34. The van der Waals surface area contributed by atoms with E-state index in [1.54, 1.807) is 0 Å². The second kappa shape index (κ2) is 8.32. The van der Waals surface area contributed by atoms with Crippen LogP contribution in [0.2, 0.25) is 0 Å². The molecule has 0 spiro atoms. The maximum Gasteiger partial charge on any atom is 0.253 e. The summed E-state index contributed by atoms with van der Waals surface area (Å²) in [6, 6.07) is 16.9. The highest BCUT2D eigenvalue weighted by atomic mass is 32.2. The number of Topliss-reactive ketones (excluding diaryl/α,β-unsaturated/α-hetero) is 1. The van der Waals surface area contributed by atoms with Crippen LogP contribution in [-0.2, 0) is 0 Å². The van der Waals surface area contributed by atoms with Crippen molar-refractivity contribution < 1.29 is 9.59 Å². The molecule has 0 radical (unpaired) electrons. The van der Waals surface area contributed by atoms with Gasteiger partial charge in [-0.15, -0.1) is 11.8 Å². The Morgan fingerprint density at radius 2 is 1.60 bits per heavy atom. The number of carbonyl (C=O) groups is 2. The van der Waals surface area contributed by atoms with Crippen LogP contribution in [-0.4, -0.2) is 60.5 Å². The van der Waals surface area contributed by atoms with Crippen LogP contribution < -0.4 is 0 Å². The van der Waals surface area contributed by atoms with Crippen molar-refractivity contribution in [1.82, 2.24) is 9.80 Å². The highest BCUT2D eigenvalue weighted by molar-refractivity contribution is 8.00. The van der Waals surface area contributed by atoms with E-state index in [2.05, 4.69) is 11.9 Å². The van der Waals surface area contributed by atoms with E-state index < -0.39 is 0 Å². The highest BCUT2D eigenvalue weighted by Crippen LogP contribution is 2.21. The lowest BCUT2D eigenvalue weighted by molar-refractivity contribution is 0.0663. The number of hydrogen-bond donors (Lipinski definition) is 0. The number of benzene rings is 2. The summed E-state index contributed by atoms with van der Waals surface area (Å²) in [5.74, 6) is 0.544. The fraction of sp³-hybridized carbons (Fsp3) is 0.300. The van der Waals surface area contributed by atoms with Crippen molar-refractivity contribution in [3.8, 4) is 0 Å². The van der Waals surface area contributed by atoms with Gasteiger partial charge in [-0.2, -0.15) is 0 Å². The van der Waals surface area contributed by atoms with Crippen molar-refractivity contribution in [3.05, 3.63) is 65.7 Å². The van der Waals surface area contributed by atoms with E-state index in [1.165, 1.54) is 11.8 Å². The Balaban J connectivity index is 1.61. The van der Waals surface area contributed by atoms with Crippen LogP contribution in [0.5, 0.6) is 0 Å². The number of amides is 1. The van der Waals surface area contributed by atoms with Crippen LogP contribution in [0, 0.1) is 0 Å². The van der Waals surface area contributed by atoms with Gasteiger partial charge in [0.1, 0.15) is 0 Å². The zero-order valence-electron chi connectivity index (χ0n) is 14.4. The second-order valence-electron chi connectivity index (χ2n) is 6.20. The van der Waals surface area contributed by atoms with Crippen LogP contribution in [0.25, 0.3) is 0 Å². The summed E-state index contributed by atoms with van der Waals surface area (Å²) in [6.07, 6.45) is 0. The second-order valence-corrected chi connectivity index (χ2v) is 7.25. The predicted octanol–water partition coefficient (Wildman–Crippen LogP) is 3.05. The number of piperazine rings is 1. The van der Waals surface area contributed by atoms with E-state index in [1.807, 2.05) is 59.5 Å². The lowest BCUT2D eigenvalue weighted by Crippen LogP contribution is -2.47. The van der Waals surface area contributed by atoms with E-state index in [0.717, 1.165) is 36.6 Å². The van der Waals surface area contributed by atoms with Gasteiger partial charge in [0.25, 0.3) is 5.91 Å². The quantitative estimate of drug-likeness (QED) is 0.611. The molecular weight excluding hydrogens is 332 g/mol. The SMILES string of the molecule is CN1CCN(C(=O)c2cccc(SCC(=O)c3ccccc3)c2)CC1. The molecule has 1 amide bonds. The molecule has 0 saturated carbocycles. The number of hydrogen-bond acceptors (Lipinski definition) is 4. The van der Waals surface area contributed by atoms with Gasteiger partial charge in [0.15, 0.2) is 5.78 Å². The largest absolute Gasteiger partial charge is 0.336 e. The topological polar surface area (TPSA) is 40.6 Å². The molecule has 0 unspecified atom stereocenters. The van der Waals surface area contributed by atoms with Gasteiger partial charge in [-0.3, -0.25) is 9.59 Å². The lowest BCUT2D eigenvalue weighted by atomic mass is 10.2. The van der Waals surface area contributed by atoms with Crippen LogP contribution in [0.1, 0.15) is 20.7 Å². The molecular formula is C20H22N2O2S. The average Bonchev–Trinajstić information content (AvgIpc) is 2.67. The minimum absolute atomic E-state index is 0.0740. The van der Waals surface area contributed by atoms with Crippen molar-refractivity contribution in [2.24, 2.45) is 0 Å². The molecule has 0 N–H and O–H groups in total. The summed E-state index contributed by atoms with van der Waals surface area (Å²) in [5, 5.41) is 0. The minimum Gasteiger partial charge on any atom is -0.336 e. The zero-order valence-corrected chi connectivity index (χ0v) is 15.2. The maximum atomic E-state index is 12.6. The number of thioether (sulfide) groups is 1. The van der Waals surface area contributed by atoms with Gasteiger partial charge in [-0.05, 0) is 25.2 Å². The van der Waals surface area contributed by atoms with Crippen LogP contribution in [0.4, 0.5) is 0 Å². The van der Waals surface area contributed by atoms with Crippen molar-refractivity contribution >= 4 is 23.5 Å². The first kappa shape index (κ1) is 17.7. The Hall–Kier alpha value is -2.11. The van der Waals surface area contributed by atoms with E-state index in [9.17, 15) is 9.59 Å². The van der Waals surface area contributed by atoms with Crippen molar-refractivity contribution in [3.63, 3.8) is 0 Å². The zero-order chi connectivity index (χ0) is 17.6. The Labute approximate surface area is 152 Å². The van der Waals surface area contributed by atoms with Crippen LogP contribution in [0.15, 0.2) is 59.5 Å². The number of nitrogens with zero attached hydrogens (tertiary/aromatic N) is 2. The third kappa shape index (κ3) is 4.71. The lowest BCUT2D eigenvalue weighted by Gasteiger charge is -2.32. The Morgan fingerprint density at radius 1 is 0.920 bits per heavy atom. The normalized spacial score (nSPS) is 15.2. The highest BCUT2D eigenvalue weighted by Gasteiger charge is 2.20. The van der Waals surface area contributed by atoms with Crippen LogP contribution >= 0.6 is 11.8 Å². The van der Waals surface area contributed by atoms with E-state index in [0.29, 0.717) is 11.3 Å². The molecule has 0 aliphatic carbocycles. The van der Waals surface area contributed by atoms with Gasteiger partial charge < -0.3 is 9.80 Å². The number of carbonyl (C=O) groups excluding carboxylic acids is 2. The van der Waals surface area contributed by atoms with E-state index in [4.69, 9.17) is 0 Å². The summed E-state index contributed by atoms with van der Waals surface area (Å²) in [7, 11) is 2.07. The molecule has 2 aromatic rings. The van der Waals surface area contributed by atoms with Gasteiger partial charge in [-0.25, -0.2) is 0 Å². The Kier molecular flexibility index (Phi) is 5.89. The first-order valence-electron chi connectivity index (χ1n) is 8.42. The average molecular weight is 354 g/mol. The molecule has 130 valence electrons. The first-order chi connectivity index (χ1) is 12.1. The molecule has 0 aromatic heterocycles. The Bertz CT molecular complexity index is 740. The first-order valence-corrected chi connectivity index (χ1v) is 9.41. The molecule has 5 heteroatoms. The number of likely N-dealkylation sites (N-methyl/N-ethyl adjacent to an activating group) is 1. The van der Waals surface area contributed by atoms with Crippen molar-refractivity contribution in [2.75, 3.05) is 39.0 Å². The molecule has 1 aliphatic rings. The van der Waals surface area contributed by atoms with Crippen molar-refractivity contribution in [2.45, 2.75) is 4.90 Å². The molecule has 0 atom stereocenters. The van der Waals surface area contributed by atoms with Gasteiger partial charge in [0, 0.05) is 42.2 Å². The number of ketones is 1. The molecule has 1 heterocycles. The third-order valence-corrected chi connectivity index (χ3v) is 5.33. The minimum atomic E-state index is 0.0740. The van der Waals surface area contributed by atoms with E-state index >= 15 is 0 Å².